The van der Waals surface area contributed by atoms with Gasteiger partial charge in [-0.3, -0.25) is 27.5 Å². The number of phosphoric ester groups is 2. The number of aliphatic hydroxyl groups is 1. The van der Waals surface area contributed by atoms with Crippen molar-refractivity contribution in [2.45, 2.75) is 113 Å². The first-order valence-corrected chi connectivity index (χ1v) is 27.4. The highest BCUT2D eigenvalue weighted by Crippen LogP contribution is 2.51. The van der Waals surface area contributed by atoms with E-state index in [0.29, 0.717) is 24.1 Å². The molecule has 34 heteroatoms. The molecule has 7 rings (SSSR count). The topological polar surface area (TPSA) is 424 Å². The number of benzene rings is 1. The van der Waals surface area contributed by atoms with Crippen molar-refractivity contribution in [2.24, 2.45) is 5.11 Å². The number of imidazole rings is 1. The van der Waals surface area contributed by atoms with Gasteiger partial charge in [-0.05, 0) is 23.6 Å². The van der Waals surface area contributed by atoms with Crippen molar-refractivity contribution in [1.82, 2.24) is 34.4 Å². The first-order valence-electron chi connectivity index (χ1n) is 22.0. The SMILES string of the molecule is CC(C)(C)SSC[C@@H](CC(=O)O[C@H]1[C@@H](O)[C@H](n2cnc3c(N)ncnc32)O[C@@H]1COP(=O)(O)O[C@H]1[C@@H](OC2CCCO2)[C@H](n2ccc(N)nc2=O)O[C@@H]1COP(=O)(O)O)NC(=O)OCc1ccc(N=[N+]=[N-])cc1. The van der Waals surface area contributed by atoms with Gasteiger partial charge in [0.1, 0.15) is 54.8 Å². The first-order chi connectivity index (χ1) is 34.6. The van der Waals surface area contributed by atoms with Crippen molar-refractivity contribution >= 4 is 77.8 Å². The molecule has 3 aromatic heterocycles. The summed E-state index contributed by atoms with van der Waals surface area (Å²) in [5.74, 6) is -0.959. The highest BCUT2D eigenvalue weighted by molar-refractivity contribution is 8.77. The number of carbonyl (C=O) groups excluding carboxylic acids is 2. The number of aliphatic hydroxyl groups excluding tert-OH is 1. The highest BCUT2D eigenvalue weighted by Gasteiger charge is 2.54. The molecule has 3 aliphatic heterocycles. The quantitative estimate of drug-likeness (QED) is 0.0148. The number of hydrogen-bond acceptors (Lipinski definition) is 24. The minimum absolute atomic E-state index is 0.0119. The van der Waals surface area contributed by atoms with Gasteiger partial charge >= 0.3 is 33.4 Å². The molecule has 30 nitrogen and oxygen atoms in total. The van der Waals surface area contributed by atoms with E-state index in [1.807, 2.05) is 20.8 Å². The third-order valence-electron chi connectivity index (χ3n) is 10.7. The molecule has 1 amide bonds. The monoisotopic (exact) mass is 1100 g/mol. The van der Waals surface area contributed by atoms with Gasteiger partial charge in [-0.15, -0.1) is 0 Å². The number of nitrogens with zero attached hydrogens (tertiary/aromatic N) is 9. The minimum Gasteiger partial charge on any atom is -0.456 e. The van der Waals surface area contributed by atoms with Crippen LogP contribution in [0.4, 0.5) is 22.1 Å². The van der Waals surface area contributed by atoms with Gasteiger partial charge in [0.25, 0.3) is 0 Å². The van der Waals surface area contributed by atoms with Crippen LogP contribution in [0.15, 0.2) is 59.1 Å². The zero-order valence-electron chi connectivity index (χ0n) is 38.9. The molecule has 1 aromatic carbocycles. The van der Waals surface area contributed by atoms with Crippen molar-refractivity contribution in [2.75, 3.05) is 37.0 Å². The molecule has 3 saturated heterocycles. The molecule has 9 N–H and O–H groups in total. The summed E-state index contributed by atoms with van der Waals surface area (Å²) in [4.78, 5) is 89.3. The minimum atomic E-state index is -5.44. The molecule has 398 valence electrons. The average molecular weight is 1100 g/mol. The van der Waals surface area contributed by atoms with Gasteiger partial charge in [-0.2, -0.15) is 4.98 Å². The summed E-state index contributed by atoms with van der Waals surface area (Å²) in [7, 11) is -7.80. The summed E-state index contributed by atoms with van der Waals surface area (Å²) in [6.07, 6.45) is -10.8. The number of nitrogens with two attached hydrogens (primary N) is 2. The maximum atomic E-state index is 14.1. The number of rotatable bonds is 22. The predicted molar refractivity (Wildman–Crippen MR) is 256 cm³/mol. The maximum absolute atomic E-state index is 14.1. The van der Waals surface area contributed by atoms with Gasteiger partial charge in [0.15, 0.2) is 36.3 Å². The highest BCUT2D eigenvalue weighted by atomic mass is 33.1. The predicted octanol–water partition coefficient (Wildman–Crippen LogP) is 3.26. The van der Waals surface area contributed by atoms with Gasteiger partial charge in [0.2, 0.25) is 0 Å². The smallest absolute Gasteiger partial charge is 0.456 e. The molecule has 11 atom stereocenters. The Kier molecular flexibility index (Phi) is 18.4. The lowest BCUT2D eigenvalue weighted by Crippen LogP contribution is -2.42. The molecule has 73 heavy (non-hydrogen) atoms. The lowest BCUT2D eigenvalue weighted by molar-refractivity contribution is -0.181. The van der Waals surface area contributed by atoms with Crippen molar-refractivity contribution in [3.8, 4) is 0 Å². The Balaban J connectivity index is 1.11. The summed E-state index contributed by atoms with van der Waals surface area (Å²) in [5, 5.41) is 18.0. The van der Waals surface area contributed by atoms with Crippen LogP contribution < -0.4 is 22.5 Å². The number of aromatic nitrogens is 6. The summed E-state index contributed by atoms with van der Waals surface area (Å²) >= 11 is 0. The third-order valence-corrected chi connectivity index (χ3v) is 15.6. The van der Waals surface area contributed by atoms with Crippen molar-refractivity contribution in [1.29, 1.82) is 0 Å². The lowest BCUT2D eigenvalue weighted by atomic mass is 10.1. The fourth-order valence-corrected chi connectivity index (χ4v) is 11.4. The molecule has 3 fully saturated rings. The number of fused-ring (bicyclic) bond motifs is 1. The van der Waals surface area contributed by atoms with E-state index in [0.717, 1.165) is 10.9 Å². The standard InChI is InChI=1S/C39H52N12O18P2S2/c1-39(2,3)73-72-17-22(46-38(55)62-14-20-6-8-21(9-7-20)48-49-42)13-26(52)67-30-23(65-35(29(30)53)51-19-45-28-33(41)43-18-44-34(28)51)16-64-71(59,60)69-31-24(15-63-70(56,57)58)66-36(32(31)68-27-5-4-12-61-27)50-11-10-25(40)47-37(50)54/h6-11,18-19,22-24,27,29-32,35-36,53H,4-5,12-17H2,1-3H3,(H,46,55)(H,59,60)(H2,40,47,54)(H2,41,43,44)(H2,56,57,58)/t22-,23-,24-,27?,29-,30-,31-,32-,35-,36-/m1/s1. The fourth-order valence-electron chi connectivity index (χ4n) is 7.51. The number of anilines is 2. The van der Waals surface area contributed by atoms with E-state index in [1.54, 1.807) is 12.1 Å². The number of amides is 1. The summed E-state index contributed by atoms with van der Waals surface area (Å²) in [5.41, 5.74) is 20.6. The number of hydrogen-bond donors (Lipinski definition) is 7. The largest absolute Gasteiger partial charge is 0.472 e. The third kappa shape index (κ3) is 15.3. The first kappa shape index (κ1) is 55.8. The second-order valence-corrected chi connectivity index (χ2v) is 23.1. The van der Waals surface area contributed by atoms with Crippen molar-refractivity contribution in [3.05, 3.63) is 75.7 Å². The second kappa shape index (κ2) is 24.1. The fraction of sp³-hybridized carbons (Fsp3) is 0.564. The van der Waals surface area contributed by atoms with Crippen molar-refractivity contribution in [3.63, 3.8) is 0 Å². The zero-order valence-corrected chi connectivity index (χ0v) is 42.4. The van der Waals surface area contributed by atoms with E-state index in [9.17, 15) is 43.3 Å². The number of nitrogens with one attached hydrogen (secondary N) is 1. The molecule has 0 saturated carbocycles. The van der Waals surface area contributed by atoms with Gasteiger partial charge in [0.05, 0.1) is 32.0 Å². The summed E-state index contributed by atoms with van der Waals surface area (Å²) in [6, 6.07) is 6.62. The normalized spacial score (nSPS) is 25.5. The van der Waals surface area contributed by atoms with Gasteiger partial charge in [-0.25, -0.2) is 33.7 Å². The molecule has 0 bridgehead atoms. The van der Waals surface area contributed by atoms with E-state index in [1.165, 1.54) is 56.9 Å². The molecule has 0 aliphatic carbocycles. The molecule has 0 radical (unpaired) electrons. The molecular weight excluding hydrogens is 1050 g/mol. The van der Waals surface area contributed by atoms with Crippen LogP contribution in [0.3, 0.4) is 0 Å². The van der Waals surface area contributed by atoms with Gasteiger partial charge in [0, 0.05) is 40.3 Å². The Bertz CT molecular complexity index is 2780. The Morgan fingerprint density at radius 2 is 1.74 bits per heavy atom. The van der Waals surface area contributed by atoms with Gasteiger partial charge in [-0.1, -0.05) is 71.7 Å². The molecule has 0 spiro atoms. The summed E-state index contributed by atoms with van der Waals surface area (Å²) < 4.78 is 78.8. The van der Waals surface area contributed by atoms with Crippen LogP contribution in [0.2, 0.25) is 0 Å². The Morgan fingerprint density at radius 1 is 1.01 bits per heavy atom. The average Bonchev–Trinajstić information content (AvgIpc) is 4.12. The van der Waals surface area contributed by atoms with Crippen LogP contribution in [-0.4, -0.2) is 140 Å². The summed E-state index contributed by atoms with van der Waals surface area (Å²) in [6.45, 7) is 4.11. The second-order valence-electron chi connectivity index (χ2n) is 17.3. The van der Waals surface area contributed by atoms with Crippen LogP contribution in [-0.2, 0) is 62.5 Å². The number of nitrogen functional groups attached to an aromatic ring is 2. The Morgan fingerprint density at radius 3 is 2.42 bits per heavy atom. The van der Waals surface area contributed by atoms with Crippen LogP contribution in [0.1, 0.15) is 58.1 Å². The molecule has 2 unspecified atom stereocenters. The number of azide groups is 1. The number of ether oxygens (including phenoxy) is 6. The van der Waals surface area contributed by atoms with Crippen molar-refractivity contribution < 1.29 is 80.5 Å². The van der Waals surface area contributed by atoms with Crippen LogP contribution >= 0.6 is 37.2 Å². The van der Waals surface area contributed by atoms with Crippen LogP contribution in [0.5, 0.6) is 0 Å². The van der Waals surface area contributed by atoms with E-state index in [2.05, 4.69) is 35.3 Å². The van der Waals surface area contributed by atoms with Crippen LogP contribution in [0, 0.1) is 0 Å². The number of esters is 1. The zero-order chi connectivity index (χ0) is 52.7. The van der Waals surface area contributed by atoms with E-state index in [-0.39, 0.29) is 46.5 Å². The van der Waals surface area contributed by atoms with E-state index < -0.39 is 114 Å². The maximum Gasteiger partial charge on any atom is 0.472 e. The Labute approximate surface area is 421 Å². The van der Waals surface area contributed by atoms with Crippen LogP contribution in [0.25, 0.3) is 21.6 Å². The number of alkyl carbamates (subject to hydrolysis) is 1. The van der Waals surface area contributed by atoms with E-state index in [4.69, 9.17) is 59.0 Å². The number of phosphoric acid groups is 2. The van der Waals surface area contributed by atoms with E-state index >= 15 is 0 Å². The number of carbonyl (C=O) groups is 2. The molecule has 4 aromatic rings. The Hall–Kier alpha value is -4.98. The molecule has 3 aliphatic rings. The lowest BCUT2D eigenvalue weighted by Gasteiger charge is -2.29. The molecular formula is C39H52N12O18P2S2. The van der Waals surface area contributed by atoms with Gasteiger partial charge < -0.3 is 65.0 Å². The molecule has 6 heterocycles.